The minimum atomic E-state index is 0.139. The summed E-state index contributed by atoms with van der Waals surface area (Å²) in [6.45, 7) is 4.11. The van der Waals surface area contributed by atoms with Gasteiger partial charge in [-0.1, -0.05) is 37.3 Å². The van der Waals surface area contributed by atoms with Crippen LogP contribution in [0.5, 0.6) is 0 Å². The number of hydrogen-bond donors (Lipinski definition) is 1. The van der Waals surface area contributed by atoms with Crippen molar-refractivity contribution in [2.45, 2.75) is 44.2 Å². The second kappa shape index (κ2) is 8.23. The highest BCUT2D eigenvalue weighted by molar-refractivity contribution is 5.20. The fourth-order valence-electron chi connectivity index (χ4n) is 3.39. The van der Waals surface area contributed by atoms with Crippen molar-refractivity contribution >= 4 is 0 Å². The first-order chi connectivity index (χ1) is 11.4. The van der Waals surface area contributed by atoms with Crippen LogP contribution in [0.2, 0.25) is 0 Å². The molecule has 3 heteroatoms. The average Bonchev–Trinajstić information content (AvgIpc) is 2.64. The van der Waals surface area contributed by atoms with Crippen molar-refractivity contribution < 1.29 is 4.74 Å². The van der Waals surface area contributed by atoms with Gasteiger partial charge in [0.1, 0.15) is 0 Å². The predicted octanol–water partition coefficient (Wildman–Crippen LogP) is 4.09. The van der Waals surface area contributed by atoms with E-state index in [0.717, 1.165) is 32.4 Å². The van der Waals surface area contributed by atoms with Crippen LogP contribution in [0.25, 0.3) is 0 Å². The van der Waals surface area contributed by atoms with Gasteiger partial charge < -0.3 is 10.1 Å². The van der Waals surface area contributed by atoms with Crippen molar-refractivity contribution in [3.8, 4) is 0 Å². The van der Waals surface area contributed by atoms with Gasteiger partial charge in [0.2, 0.25) is 0 Å². The van der Waals surface area contributed by atoms with Gasteiger partial charge in [0, 0.05) is 31.6 Å². The van der Waals surface area contributed by atoms with E-state index in [2.05, 4.69) is 59.7 Å². The van der Waals surface area contributed by atoms with Gasteiger partial charge in [0.25, 0.3) is 0 Å². The number of benzene rings is 1. The lowest BCUT2D eigenvalue weighted by Crippen LogP contribution is -2.41. The highest BCUT2D eigenvalue weighted by Crippen LogP contribution is 2.29. The zero-order valence-corrected chi connectivity index (χ0v) is 13.8. The van der Waals surface area contributed by atoms with E-state index in [4.69, 9.17) is 4.74 Å². The van der Waals surface area contributed by atoms with E-state index < -0.39 is 0 Å². The molecule has 0 saturated carbocycles. The highest BCUT2D eigenvalue weighted by Gasteiger charge is 2.27. The maximum atomic E-state index is 6.06. The molecule has 0 unspecified atom stereocenters. The van der Waals surface area contributed by atoms with Crippen molar-refractivity contribution in [3.63, 3.8) is 0 Å². The third-order valence-corrected chi connectivity index (χ3v) is 4.75. The van der Waals surface area contributed by atoms with Crippen LogP contribution < -0.4 is 5.32 Å². The molecule has 2 aromatic rings. The molecule has 3 rings (SSSR count). The van der Waals surface area contributed by atoms with Gasteiger partial charge in [-0.25, -0.2) is 0 Å². The quantitative estimate of drug-likeness (QED) is 0.873. The smallest absolute Gasteiger partial charge is 0.0978 e. The molecule has 0 radical (unpaired) electrons. The molecule has 3 atom stereocenters. The lowest BCUT2D eigenvalue weighted by atomic mass is 9.93. The summed E-state index contributed by atoms with van der Waals surface area (Å²) in [7, 11) is 0. The van der Waals surface area contributed by atoms with Crippen molar-refractivity contribution in [1.29, 1.82) is 0 Å². The summed E-state index contributed by atoms with van der Waals surface area (Å²) in [5, 5.41) is 3.77. The maximum absolute atomic E-state index is 6.06. The third kappa shape index (κ3) is 4.18. The molecular formula is C20H26N2O. The number of aromatic nitrogens is 1. The van der Waals surface area contributed by atoms with Gasteiger partial charge in [-0.15, -0.1) is 0 Å². The van der Waals surface area contributed by atoms with Crippen molar-refractivity contribution in [3.05, 3.63) is 66.0 Å². The van der Waals surface area contributed by atoms with Gasteiger partial charge in [0.05, 0.1) is 6.10 Å². The second-order valence-electron chi connectivity index (χ2n) is 6.24. The molecule has 0 bridgehead atoms. The van der Waals surface area contributed by atoms with E-state index in [1.807, 2.05) is 12.4 Å². The number of pyridine rings is 1. The van der Waals surface area contributed by atoms with Crippen LogP contribution in [-0.2, 0) is 4.74 Å². The molecule has 1 aliphatic heterocycles. The van der Waals surface area contributed by atoms with Crippen LogP contribution in [-0.4, -0.2) is 24.2 Å². The Morgan fingerprint density at radius 1 is 1.17 bits per heavy atom. The van der Waals surface area contributed by atoms with Crippen molar-refractivity contribution in [2.24, 2.45) is 0 Å². The summed E-state index contributed by atoms with van der Waals surface area (Å²) in [5.41, 5.74) is 2.64. The van der Waals surface area contributed by atoms with Crippen LogP contribution in [0.3, 0.4) is 0 Å². The Balaban J connectivity index is 1.65. The Bertz CT molecular complexity index is 573. The number of rotatable bonds is 6. The van der Waals surface area contributed by atoms with Crippen LogP contribution in [0.4, 0.5) is 0 Å². The first-order valence-corrected chi connectivity index (χ1v) is 8.68. The Morgan fingerprint density at radius 2 is 1.96 bits per heavy atom. The molecule has 1 saturated heterocycles. The molecular weight excluding hydrogens is 284 g/mol. The molecule has 3 nitrogen and oxygen atoms in total. The minimum Gasteiger partial charge on any atom is -0.372 e. The number of nitrogens with one attached hydrogen (secondary N) is 1. The summed E-state index contributed by atoms with van der Waals surface area (Å²) in [5.74, 6) is 0.552. The molecule has 122 valence electrons. The topological polar surface area (TPSA) is 34.1 Å². The highest BCUT2D eigenvalue weighted by atomic mass is 16.5. The van der Waals surface area contributed by atoms with Crippen LogP contribution in [0.15, 0.2) is 54.9 Å². The maximum Gasteiger partial charge on any atom is 0.0978 e. The summed E-state index contributed by atoms with van der Waals surface area (Å²) in [6, 6.07) is 15.3. The number of ether oxygens (including phenoxy) is 1. The zero-order valence-electron chi connectivity index (χ0n) is 13.8. The summed E-state index contributed by atoms with van der Waals surface area (Å²) in [4.78, 5) is 4.12. The first kappa shape index (κ1) is 16.2. The van der Waals surface area contributed by atoms with Gasteiger partial charge in [-0.05, 0) is 48.4 Å². The van der Waals surface area contributed by atoms with E-state index in [9.17, 15) is 0 Å². The summed E-state index contributed by atoms with van der Waals surface area (Å²) >= 11 is 0. The molecule has 0 aliphatic carbocycles. The Morgan fingerprint density at radius 3 is 2.70 bits per heavy atom. The Kier molecular flexibility index (Phi) is 5.78. The molecule has 0 spiro atoms. The van der Waals surface area contributed by atoms with E-state index in [-0.39, 0.29) is 6.10 Å². The monoisotopic (exact) mass is 310 g/mol. The van der Waals surface area contributed by atoms with Gasteiger partial charge in [-0.2, -0.15) is 0 Å². The Hall–Kier alpha value is -1.71. The third-order valence-electron chi connectivity index (χ3n) is 4.75. The molecule has 0 amide bonds. The fourth-order valence-corrected chi connectivity index (χ4v) is 3.39. The van der Waals surface area contributed by atoms with Gasteiger partial charge >= 0.3 is 0 Å². The van der Waals surface area contributed by atoms with E-state index in [1.165, 1.54) is 11.1 Å². The molecule has 1 aromatic carbocycles. The van der Waals surface area contributed by atoms with Crippen LogP contribution in [0, 0.1) is 0 Å². The van der Waals surface area contributed by atoms with Crippen LogP contribution in [0.1, 0.15) is 49.3 Å². The van der Waals surface area contributed by atoms with E-state index >= 15 is 0 Å². The summed E-state index contributed by atoms with van der Waals surface area (Å²) in [6.07, 6.45) is 7.27. The zero-order chi connectivity index (χ0) is 15.9. The van der Waals surface area contributed by atoms with Gasteiger partial charge in [0.15, 0.2) is 0 Å². The Labute approximate surface area is 139 Å². The van der Waals surface area contributed by atoms with Crippen LogP contribution >= 0.6 is 0 Å². The molecule has 2 heterocycles. The fraction of sp³-hybridized carbons (Fsp3) is 0.450. The van der Waals surface area contributed by atoms with E-state index in [0.29, 0.717) is 12.0 Å². The van der Waals surface area contributed by atoms with Gasteiger partial charge in [-0.3, -0.25) is 4.98 Å². The summed E-state index contributed by atoms with van der Waals surface area (Å²) < 4.78 is 6.06. The van der Waals surface area contributed by atoms with E-state index in [1.54, 1.807) is 0 Å². The molecule has 1 aliphatic rings. The van der Waals surface area contributed by atoms with Crippen molar-refractivity contribution in [2.75, 3.05) is 13.2 Å². The largest absolute Gasteiger partial charge is 0.372 e. The lowest BCUT2D eigenvalue weighted by molar-refractivity contribution is -0.0110. The first-order valence-electron chi connectivity index (χ1n) is 8.68. The lowest BCUT2D eigenvalue weighted by Gasteiger charge is -2.34. The normalized spacial score (nSPS) is 22.7. The molecule has 1 aromatic heterocycles. The number of nitrogens with zero attached hydrogens (tertiary/aromatic N) is 1. The SMILES string of the molecule is CC[C@H](CN[C@H]1CCCO[C@@H]1c1ccncc1)c1ccccc1. The second-order valence-corrected chi connectivity index (χ2v) is 6.24. The standard InChI is InChI=1S/C20H26N2O/c1-2-16(17-7-4-3-5-8-17)15-22-19-9-6-14-23-20(19)18-10-12-21-13-11-18/h3-5,7-8,10-13,16,19-20,22H,2,6,9,14-15H2,1H3/t16-,19+,20-/m1/s1. The average molecular weight is 310 g/mol. The minimum absolute atomic E-state index is 0.139. The van der Waals surface area contributed by atoms with Crippen molar-refractivity contribution in [1.82, 2.24) is 10.3 Å². The molecule has 1 N–H and O–H groups in total. The molecule has 23 heavy (non-hydrogen) atoms. The predicted molar refractivity (Wildman–Crippen MR) is 93.4 cm³/mol. The molecule has 1 fully saturated rings. The number of hydrogen-bond acceptors (Lipinski definition) is 3.